The summed E-state index contributed by atoms with van der Waals surface area (Å²) in [6, 6.07) is 25.1. The van der Waals surface area contributed by atoms with Gasteiger partial charge in [0, 0.05) is 17.9 Å². The zero-order valence-electron chi connectivity index (χ0n) is 19.0. The van der Waals surface area contributed by atoms with Crippen LogP contribution in [-0.4, -0.2) is 25.5 Å². The van der Waals surface area contributed by atoms with Gasteiger partial charge in [-0.2, -0.15) is 5.10 Å². The van der Waals surface area contributed by atoms with Crippen molar-refractivity contribution < 1.29 is 4.92 Å². The maximum Gasteiger partial charge on any atom is 0.269 e. The van der Waals surface area contributed by atoms with Crippen molar-refractivity contribution >= 4 is 23.3 Å². The fraction of sp³-hybridized carbons (Fsp3) is 0.120. The molecule has 1 aromatic heterocycles. The van der Waals surface area contributed by atoms with E-state index in [1.54, 1.807) is 23.9 Å². The highest BCUT2D eigenvalue weighted by atomic mass is 32.2. The van der Waals surface area contributed by atoms with Crippen LogP contribution in [-0.2, 0) is 12.3 Å². The molecule has 0 atom stereocenters. The number of hydrazone groups is 1. The highest BCUT2D eigenvalue weighted by Gasteiger charge is 2.26. The average Bonchev–Trinajstić information content (AvgIpc) is 3.51. The van der Waals surface area contributed by atoms with E-state index >= 15 is 0 Å². The standard InChI is InChI=1S/C25H23N7O2S/c1-18-7-11-21(12-8-18)31-25(35-17-20-5-3-2-4-6-20)23(15-26-31)24-27-28-29-30(24)16-19-9-13-22(14-10-19)32(33)34/h2-15,28-29H,16-17H2,1H3. The van der Waals surface area contributed by atoms with Crippen LogP contribution in [0.2, 0.25) is 0 Å². The van der Waals surface area contributed by atoms with Gasteiger partial charge in [0.25, 0.3) is 5.69 Å². The maximum absolute atomic E-state index is 11.0. The summed E-state index contributed by atoms with van der Waals surface area (Å²) in [7, 11) is 0. The van der Waals surface area contributed by atoms with E-state index in [9.17, 15) is 10.1 Å². The molecular weight excluding hydrogens is 462 g/mol. The van der Waals surface area contributed by atoms with Crippen molar-refractivity contribution in [3.63, 3.8) is 0 Å². The molecule has 3 aromatic carbocycles. The average molecular weight is 486 g/mol. The first-order chi connectivity index (χ1) is 17.1. The minimum absolute atomic E-state index is 0.0640. The smallest absolute Gasteiger partial charge is 0.266 e. The van der Waals surface area contributed by atoms with E-state index < -0.39 is 4.92 Å². The van der Waals surface area contributed by atoms with Crippen LogP contribution in [0.25, 0.3) is 5.69 Å². The van der Waals surface area contributed by atoms with Crippen molar-refractivity contribution in [3.05, 3.63) is 117 Å². The summed E-state index contributed by atoms with van der Waals surface area (Å²) in [4.78, 5) is 10.6. The summed E-state index contributed by atoms with van der Waals surface area (Å²) in [5.41, 5.74) is 11.1. The van der Waals surface area contributed by atoms with E-state index in [1.807, 2.05) is 34.1 Å². The summed E-state index contributed by atoms with van der Waals surface area (Å²) in [5, 5.41) is 23.0. The lowest BCUT2D eigenvalue weighted by atomic mass is 10.2. The summed E-state index contributed by atoms with van der Waals surface area (Å²) >= 11 is 1.70. The molecule has 0 bridgehead atoms. The van der Waals surface area contributed by atoms with Crippen molar-refractivity contribution in [3.8, 4) is 5.69 Å². The van der Waals surface area contributed by atoms with Gasteiger partial charge in [-0.15, -0.1) is 22.4 Å². The van der Waals surface area contributed by atoms with Crippen molar-refractivity contribution in [2.75, 3.05) is 0 Å². The number of rotatable bonds is 8. The van der Waals surface area contributed by atoms with Gasteiger partial charge < -0.3 is 0 Å². The Morgan fingerprint density at radius 2 is 1.71 bits per heavy atom. The first-order valence-electron chi connectivity index (χ1n) is 11.0. The van der Waals surface area contributed by atoms with Crippen LogP contribution in [0.5, 0.6) is 0 Å². The number of nitrogens with zero attached hydrogens (tertiary/aromatic N) is 5. The van der Waals surface area contributed by atoms with E-state index in [1.165, 1.54) is 23.3 Å². The minimum atomic E-state index is -0.401. The van der Waals surface area contributed by atoms with Crippen LogP contribution in [0.15, 0.2) is 95.2 Å². The normalized spacial score (nSPS) is 12.9. The molecule has 4 aromatic rings. The molecule has 5 rings (SSSR count). The Hall–Kier alpha value is -4.15. The van der Waals surface area contributed by atoms with Gasteiger partial charge in [-0.25, -0.2) is 10.2 Å². The number of aromatic nitrogens is 2. The number of hydrogen-bond acceptors (Lipinski definition) is 8. The number of thioether (sulfide) groups is 1. The molecule has 35 heavy (non-hydrogen) atoms. The third-order valence-corrected chi connectivity index (χ3v) is 6.70. The number of nitro groups is 1. The van der Waals surface area contributed by atoms with Crippen LogP contribution < -0.4 is 11.1 Å². The summed E-state index contributed by atoms with van der Waals surface area (Å²) in [6.45, 7) is 2.52. The van der Waals surface area contributed by atoms with Crippen LogP contribution in [0, 0.1) is 17.0 Å². The summed E-state index contributed by atoms with van der Waals surface area (Å²) in [6.07, 6.45) is 1.82. The zero-order chi connectivity index (χ0) is 24.2. The van der Waals surface area contributed by atoms with E-state index in [0.717, 1.165) is 27.6 Å². The number of benzene rings is 3. The number of nitro benzene ring substituents is 1. The lowest BCUT2D eigenvalue weighted by Gasteiger charge is -2.19. The molecule has 0 unspecified atom stereocenters. The number of non-ortho nitro benzene ring substituents is 1. The fourth-order valence-corrected chi connectivity index (χ4v) is 4.77. The molecule has 0 fully saturated rings. The van der Waals surface area contributed by atoms with Crippen LogP contribution in [0.3, 0.4) is 0 Å². The predicted molar refractivity (Wildman–Crippen MR) is 136 cm³/mol. The number of nitrogens with one attached hydrogen (secondary N) is 2. The molecular formula is C25H23N7O2S. The van der Waals surface area contributed by atoms with Gasteiger partial charge in [0.05, 0.1) is 28.9 Å². The number of amidine groups is 1. The SMILES string of the molecule is Cc1ccc(-n2ncc(C3=NNNN3Cc3ccc([N+](=O)[O-])cc3)c2SCc2ccccc2)cc1. The lowest BCUT2D eigenvalue weighted by Crippen LogP contribution is -2.40. The lowest BCUT2D eigenvalue weighted by molar-refractivity contribution is -0.384. The van der Waals surface area contributed by atoms with Gasteiger partial charge in [0.15, 0.2) is 5.84 Å². The molecule has 1 aliphatic rings. The first kappa shape index (κ1) is 22.6. The Bertz CT molecular complexity index is 1350. The number of hydrogen-bond donors (Lipinski definition) is 2. The second kappa shape index (κ2) is 10.00. The Balaban J connectivity index is 1.45. The van der Waals surface area contributed by atoms with Crippen LogP contribution in [0.1, 0.15) is 22.3 Å². The van der Waals surface area contributed by atoms with Crippen molar-refractivity contribution in [2.24, 2.45) is 5.10 Å². The first-order valence-corrected chi connectivity index (χ1v) is 12.0. The van der Waals surface area contributed by atoms with E-state index in [-0.39, 0.29) is 5.69 Å². The highest BCUT2D eigenvalue weighted by Crippen LogP contribution is 2.30. The van der Waals surface area contributed by atoms with Gasteiger partial charge in [0.2, 0.25) is 0 Å². The predicted octanol–water partition coefficient (Wildman–Crippen LogP) is 4.57. The molecule has 0 saturated heterocycles. The molecule has 0 amide bonds. The molecule has 10 heteroatoms. The number of hydrazine groups is 2. The largest absolute Gasteiger partial charge is 0.269 e. The van der Waals surface area contributed by atoms with Crippen LogP contribution >= 0.6 is 11.8 Å². The molecule has 0 spiro atoms. The maximum atomic E-state index is 11.0. The second-order valence-corrected chi connectivity index (χ2v) is 9.02. The molecule has 0 aliphatic carbocycles. The second-order valence-electron chi connectivity index (χ2n) is 8.05. The molecule has 0 radical (unpaired) electrons. The third kappa shape index (κ3) is 5.03. The van der Waals surface area contributed by atoms with E-state index in [2.05, 4.69) is 59.5 Å². The third-order valence-electron chi connectivity index (χ3n) is 5.55. The van der Waals surface area contributed by atoms with Gasteiger partial charge in [-0.1, -0.05) is 60.2 Å². The number of aryl methyl sites for hydroxylation is 1. The fourth-order valence-electron chi connectivity index (χ4n) is 3.70. The Kier molecular flexibility index (Phi) is 6.47. The van der Waals surface area contributed by atoms with Gasteiger partial charge >= 0.3 is 0 Å². The van der Waals surface area contributed by atoms with E-state index in [0.29, 0.717) is 12.4 Å². The van der Waals surface area contributed by atoms with Gasteiger partial charge in [0.1, 0.15) is 5.03 Å². The summed E-state index contributed by atoms with van der Waals surface area (Å²) < 4.78 is 1.94. The zero-order valence-corrected chi connectivity index (χ0v) is 19.8. The van der Waals surface area contributed by atoms with Crippen molar-refractivity contribution in [2.45, 2.75) is 24.2 Å². The summed E-state index contributed by atoms with van der Waals surface area (Å²) in [5.74, 6) is 1.47. The molecule has 9 nitrogen and oxygen atoms in total. The minimum Gasteiger partial charge on any atom is -0.266 e. The Morgan fingerprint density at radius 3 is 2.43 bits per heavy atom. The van der Waals surface area contributed by atoms with Gasteiger partial charge in [-0.05, 0) is 30.2 Å². The molecule has 0 saturated carbocycles. The van der Waals surface area contributed by atoms with Crippen molar-refractivity contribution in [1.29, 1.82) is 0 Å². The highest BCUT2D eigenvalue weighted by molar-refractivity contribution is 7.98. The molecule has 1 aliphatic heterocycles. The van der Waals surface area contributed by atoms with Crippen LogP contribution in [0.4, 0.5) is 5.69 Å². The van der Waals surface area contributed by atoms with Gasteiger partial charge in [-0.3, -0.25) is 15.1 Å². The molecule has 176 valence electrons. The quantitative estimate of drug-likeness (QED) is 0.214. The van der Waals surface area contributed by atoms with E-state index in [4.69, 9.17) is 5.10 Å². The Morgan fingerprint density at radius 1 is 0.971 bits per heavy atom. The monoisotopic (exact) mass is 485 g/mol. The topological polar surface area (TPSA) is 101 Å². The van der Waals surface area contributed by atoms with Crippen molar-refractivity contribution in [1.82, 2.24) is 25.9 Å². The molecule has 2 N–H and O–H groups in total. The molecule has 2 heterocycles. The Labute approximate surface area is 206 Å².